The van der Waals surface area contributed by atoms with E-state index in [1.165, 1.54) is 45.3 Å². The highest BCUT2D eigenvalue weighted by Crippen LogP contribution is 2.21. The van der Waals surface area contributed by atoms with Gasteiger partial charge in [-0.3, -0.25) is 4.79 Å². The molecule has 0 aliphatic carbocycles. The number of ether oxygens (including phenoxy) is 1. The van der Waals surface area contributed by atoms with E-state index in [9.17, 15) is 4.79 Å². The Labute approximate surface area is 181 Å². The van der Waals surface area contributed by atoms with Crippen LogP contribution in [0.5, 0.6) is 11.5 Å². The molecule has 0 aromatic heterocycles. The SMILES string of the molecule is CCN(CCCN1CCCCC1)CCNC(=O)c1cccc(Oc2ccccc2)c1. The summed E-state index contributed by atoms with van der Waals surface area (Å²) >= 11 is 0. The third-order valence-electron chi connectivity index (χ3n) is 5.63. The highest BCUT2D eigenvalue weighted by atomic mass is 16.5. The number of para-hydroxylation sites is 1. The summed E-state index contributed by atoms with van der Waals surface area (Å²) in [7, 11) is 0. The number of benzene rings is 2. The maximum atomic E-state index is 12.5. The molecule has 2 aromatic carbocycles. The molecule has 2 aromatic rings. The molecular weight excluding hydrogens is 374 g/mol. The van der Waals surface area contributed by atoms with Crippen molar-refractivity contribution < 1.29 is 9.53 Å². The van der Waals surface area contributed by atoms with Gasteiger partial charge in [0.1, 0.15) is 11.5 Å². The van der Waals surface area contributed by atoms with Crippen LogP contribution < -0.4 is 10.1 Å². The van der Waals surface area contributed by atoms with Crippen molar-refractivity contribution in [3.8, 4) is 11.5 Å². The van der Waals surface area contributed by atoms with Crippen molar-refractivity contribution in [1.29, 1.82) is 0 Å². The van der Waals surface area contributed by atoms with Crippen LogP contribution in [0.4, 0.5) is 0 Å². The Morgan fingerprint density at radius 1 is 1.00 bits per heavy atom. The van der Waals surface area contributed by atoms with Crippen molar-refractivity contribution in [2.45, 2.75) is 32.6 Å². The first kappa shape index (κ1) is 22.3. The predicted octanol–water partition coefficient (Wildman–Crippen LogP) is 4.41. The Balaban J connectivity index is 1.39. The van der Waals surface area contributed by atoms with Gasteiger partial charge in [0.25, 0.3) is 5.91 Å². The molecule has 1 amide bonds. The summed E-state index contributed by atoms with van der Waals surface area (Å²) in [5, 5.41) is 3.05. The fraction of sp³-hybridized carbons (Fsp3) is 0.480. The molecule has 1 aliphatic heterocycles. The maximum absolute atomic E-state index is 12.5. The largest absolute Gasteiger partial charge is 0.457 e. The minimum absolute atomic E-state index is 0.0575. The van der Waals surface area contributed by atoms with Crippen LogP contribution in [0.15, 0.2) is 54.6 Å². The molecule has 0 radical (unpaired) electrons. The fourth-order valence-corrected chi connectivity index (χ4v) is 3.88. The fourth-order valence-electron chi connectivity index (χ4n) is 3.88. The zero-order valence-corrected chi connectivity index (χ0v) is 18.2. The Morgan fingerprint density at radius 3 is 2.53 bits per heavy atom. The minimum Gasteiger partial charge on any atom is -0.457 e. The Morgan fingerprint density at radius 2 is 1.77 bits per heavy atom. The van der Waals surface area contributed by atoms with E-state index in [-0.39, 0.29) is 5.91 Å². The highest BCUT2D eigenvalue weighted by molar-refractivity contribution is 5.94. The average Bonchev–Trinajstić information content (AvgIpc) is 2.79. The lowest BCUT2D eigenvalue weighted by molar-refractivity contribution is 0.0947. The quantitative estimate of drug-likeness (QED) is 0.597. The van der Waals surface area contributed by atoms with Crippen LogP contribution in [-0.2, 0) is 0 Å². The van der Waals surface area contributed by atoms with Crippen molar-refractivity contribution in [2.75, 3.05) is 45.8 Å². The molecule has 5 heteroatoms. The molecule has 0 spiro atoms. The Kier molecular flexibility index (Phi) is 9.19. The first-order valence-corrected chi connectivity index (χ1v) is 11.3. The number of likely N-dealkylation sites (N-methyl/N-ethyl adjacent to an activating group) is 1. The molecule has 1 saturated heterocycles. The van der Waals surface area contributed by atoms with Crippen molar-refractivity contribution in [3.05, 3.63) is 60.2 Å². The molecule has 0 saturated carbocycles. The van der Waals surface area contributed by atoms with Crippen LogP contribution in [0.2, 0.25) is 0 Å². The summed E-state index contributed by atoms with van der Waals surface area (Å²) in [4.78, 5) is 17.6. The number of hydrogen-bond donors (Lipinski definition) is 1. The second-order valence-electron chi connectivity index (χ2n) is 7.89. The van der Waals surface area contributed by atoms with Gasteiger partial charge >= 0.3 is 0 Å². The van der Waals surface area contributed by atoms with Gasteiger partial charge in [0.15, 0.2) is 0 Å². The van der Waals surface area contributed by atoms with E-state index in [0.717, 1.165) is 25.4 Å². The molecule has 30 heavy (non-hydrogen) atoms. The number of piperidine rings is 1. The lowest BCUT2D eigenvalue weighted by Crippen LogP contribution is -2.37. The van der Waals surface area contributed by atoms with Gasteiger partial charge in [-0.15, -0.1) is 0 Å². The summed E-state index contributed by atoms with van der Waals surface area (Å²) in [5.74, 6) is 1.37. The minimum atomic E-state index is -0.0575. The maximum Gasteiger partial charge on any atom is 0.251 e. The van der Waals surface area contributed by atoms with Crippen molar-refractivity contribution in [1.82, 2.24) is 15.1 Å². The standard InChI is InChI=1S/C25H35N3O2/c1-2-27(18-10-19-28-16-7-4-8-17-28)20-15-26-25(29)22-11-9-14-24(21-22)30-23-12-5-3-6-13-23/h3,5-6,9,11-14,21H,2,4,7-8,10,15-20H2,1H3,(H,26,29). The van der Waals surface area contributed by atoms with Gasteiger partial charge < -0.3 is 19.9 Å². The zero-order valence-electron chi connectivity index (χ0n) is 18.2. The predicted molar refractivity (Wildman–Crippen MR) is 122 cm³/mol. The number of nitrogens with one attached hydrogen (secondary N) is 1. The third-order valence-corrected chi connectivity index (χ3v) is 5.63. The summed E-state index contributed by atoms with van der Waals surface area (Å²) in [6.45, 7) is 9.52. The number of likely N-dealkylation sites (tertiary alicyclic amines) is 1. The summed E-state index contributed by atoms with van der Waals surface area (Å²) < 4.78 is 5.83. The number of rotatable bonds is 11. The van der Waals surface area contributed by atoms with Gasteiger partial charge in [-0.1, -0.05) is 37.6 Å². The van der Waals surface area contributed by atoms with Crippen LogP contribution >= 0.6 is 0 Å². The lowest BCUT2D eigenvalue weighted by atomic mass is 10.1. The summed E-state index contributed by atoms with van der Waals surface area (Å²) in [6, 6.07) is 16.9. The number of nitrogens with zero attached hydrogens (tertiary/aromatic N) is 2. The van der Waals surface area contributed by atoms with Gasteiger partial charge in [0, 0.05) is 18.7 Å². The van der Waals surface area contributed by atoms with E-state index >= 15 is 0 Å². The number of amides is 1. The van der Waals surface area contributed by atoms with Gasteiger partial charge in [0.2, 0.25) is 0 Å². The molecule has 162 valence electrons. The zero-order chi connectivity index (χ0) is 21.0. The van der Waals surface area contributed by atoms with Gasteiger partial charge in [-0.05, 0) is 82.3 Å². The Hall–Kier alpha value is -2.37. The first-order valence-electron chi connectivity index (χ1n) is 11.3. The van der Waals surface area contributed by atoms with Crippen LogP contribution in [0.25, 0.3) is 0 Å². The first-order chi connectivity index (χ1) is 14.7. The monoisotopic (exact) mass is 409 g/mol. The molecule has 0 atom stereocenters. The molecule has 5 nitrogen and oxygen atoms in total. The lowest BCUT2D eigenvalue weighted by Gasteiger charge is -2.28. The van der Waals surface area contributed by atoms with Crippen molar-refractivity contribution in [2.24, 2.45) is 0 Å². The number of carbonyl (C=O) groups is 1. The molecule has 1 fully saturated rings. The molecule has 0 bridgehead atoms. The summed E-state index contributed by atoms with van der Waals surface area (Å²) in [6.07, 6.45) is 5.28. The molecule has 1 aliphatic rings. The van der Waals surface area contributed by atoms with E-state index in [4.69, 9.17) is 4.74 Å². The van der Waals surface area contributed by atoms with Crippen LogP contribution in [0.1, 0.15) is 43.0 Å². The summed E-state index contributed by atoms with van der Waals surface area (Å²) in [5.41, 5.74) is 0.622. The van der Waals surface area contributed by atoms with Crippen molar-refractivity contribution in [3.63, 3.8) is 0 Å². The van der Waals surface area contributed by atoms with E-state index in [1.54, 1.807) is 6.07 Å². The van der Waals surface area contributed by atoms with Crippen LogP contribution in [0.3, 0.4) is 0 Å². The smallest absolute Gasteiger partial charge is 0.251 e. The second kappa shape index (κ2) is 12.4. The molecule has 1 N–H and O–H groups in total. The molecule has 3 rings (SSSR count). The number of hydrogen-bond acceptors (Lipinski definition) is 4. The highest BCUT2D eigenvalue weighted by Gasteiger charge is 2.11. The van der Waals surface area contributed by atoms with Gasteiger partial charge in [-0.2, -0.15) is 0 Å². The average molecular weight is 410 g/mol. The molecule has 0 unspecified atom stereocenters. The molecular formula is C25H35N3O2. The van der Waals surface area contributed by atoms with E-state index in [0.29, 0.717) is 17.9 Å². The molecule has 1 heterocycles. The van der Waals surface area contributed by atoms with Crippen molar-refractivity contribution >= 4 is 5.91 Å². The Bertz CT molecular complexity index is 760. The van der Waals surface area contributed by atoms with E-state index in [1.807, 2.05) is 48.5 Å². The van der Waals surface area contributed by atoms with Gasteiger partial charge in [-0.25, -0.2) is 0 Å². The normalized spacial score (nSPS) is 14.6. The third kappa shape index (κ3) is 7.47. The van der Waals surface area contributed by atoms with Crippen LogP contribution in [-0.4, -0.2) is 61.5 Å². The number of carbonyl (C=O) groups excluding carboxylic acids is 1. The van der Waals surface area contributed by atoms with Gasteiger partial charge in [0.05, 0.1) is 0 Å². The van der Waals surface area contributed by atoms with Crippen LogP contribution in [0, 0.1) is 0 Å². The van der Waals surface area contributed by atoms with E-state index < -0.39 is 0 Å². The topological polar surface area (TPSA) is 44.8 Å². The van der Waals surface area contributed by atoms with E-state index in [2.05, 4.69) is 22.0 Å². The second-order valence-corrected chi connectivity index (χ2v) is 7.89.